The smallest absolute Gasteiger partial charge is 0.136 e. The molecule has 19 heavy (non-hydrogen) atoms. The Morgan fingerprint density at radius 2 is 2.11 bits per heavy atom. The molecule has 1 aromatic heterocycles. The summed E-state index contributed by atoms with van der Waals surface area (Å²) in [5.41, 5.74) is 7.62. The zero-order chi connectivity index (χ0) is 14.0. The van der Waals surface area contributed by atoms with Crippen LogP contribution in [0.25, 0.3) is 0 Å². The molecular weight excluding hydrogens is 254 g/mol. The minimum Gasteiger partial charge on any atom is -0.389 e. The van der Waals surface area contributed by atoms with Crippen molar-refractivity contribution in [1.29, 1.82) is 0 Å². The van der Waals surface area contributed by atoms with Crippen LogP contribution in [0.2, 0.25) is 0 Å². The van der Waals surface area contributed by atoms with Crippen LogP contribution in [0.15, 0.2) is 12.1 Å². The predicted molar refractivity (Wildman–Crippen MR) is 84.5 cm³/mol. The second kappa shape index (κ2) is 5.87. The molecule has 1 aliphatic rings. The van der Waals surface area contributed by atoms with Gasteiger partial charge in [0.1, 0.15) is 10.8 Å². The van der Waals surface area contributed by atoms with Crippen molar-refractivity contribution in [1.82, 2.24) is 4.98 Å². The minimum atomic E-state index is 0.409. The highest BCUT2D eigenvalue weighted by molar-refractivity contribution is 7.80. The Kier molecular flexibility index (Phi) is 4.40. The molecule has 0 spiro atoms. The van der Waals surface area contributed by atoms with Gasteiger partial charge in [-0.25, -0.2) is 4.98 Å². The largest absolute Gasteiger partial charge is 0.389 e. The summed E-state index contributed by atoms with van der Waals surface area (Å²) in [6.45, 7) is 6.63. The second-order valence-corrected chi connectivity index (χ2v) is 6.17. The Bertz CT molecular complexity index is 472. The zero-order valence-electron chi connectivity index (χ0n) is 11.9. The monoisotopic (exact) mass is 277 g/mol. The molecule has 0 bridgehead atoms. The highest BCUT2D eigenvalue weighted by Gasteiger charge is 2.27. The summed E-state index contributed by atoms with van der Waals surface area (Å²) in [7, 11) is 0. The highest BCUT2D eigenvalue weighted by Crippen LogP contribution is 2.31. The van der Waals surface area contributed by atoms with Crippen LogP contribution in [0, 0.1) is 18.8 Å². The van der Waals surface area contributed by atoms with Crippen molar-refractivity contribution in [3.63, 3.8) is 0 Å². The Balaban J connectivity index is 2.22. The number of aryl methyl sites for hydroxylation is 1. The second-order valence-electron chi connectivity index (χ2n) is 5.73. The minimum absolute atomic E-state index is 0.409. The van der Waals surface area contributed by atoms with Crippen molar-refractivity contribution < 1.29 is 0 Å². The van der Waals surface area contributed by atoms with Crippen molar-refractivity contribution >= 4 is 23.0 Å². The van der Waals surface area contributed by atoms with Gasteiger partial charge in [-0.3, -0.25) is 0 Å². The van der Waals surface area contributed by atoms with Crippen LogP contribution < -0.4 is 11.1 Å². The lowest BCUT2D eigenvalue weighted by molar-refractivity contribution is 0.253. The number of hydrogen-bond donors (Lipinski definition) is 2. The summed E-state index contributed by atoms with van der Waals surface area (Å²) < 4.78 is 0. The molecule has 0 radical (unpaired) electrons. The van der Waals surface area contributed by atoms with Gasteiger partial charge in [0.05, 0.1) is 5.56 Å². The molecule has 0 saturated heterocycles. The van der Waals surface area contributed by atoms with Gasteiger partial charge in [-0.05, 0) is 37.3 Å². The molecule has 0 aliphatic heterocycles. The van der Waals surface area contributed by atoms with Crippen LogP contribution in [-0.2, 0) is 0 Å². The Labute approximate surface area is 121 Å². The van der Waals surface area contributed by atoms with Crippen LogP contribution in [0.3, 0.4) is 0 Å². The van der Waals surface area contributed by atoms with E-state index >= 15 is 0 Å². The van der Waals surface area contributed by atoms with E-state index in [2.05, 4.69) is 24.1 Å². The van der Waals surface area contributed by atoms with Gasteiger partial charge in [0.15, 0.2) is 0 Å². The third-order valence-corrected chi connectivity index (χ3v) is 4.55. The van der Waals surface area contributed by atoms with Crippen LogP contribution in [-0.4, -0.2) is 16.0 Å². The highest BCUT2D eigenvalue weighted by atomic mass is 32.1. The first-order valence-electron chi connectivity index (χ1n) is 7.03. The fourth-order valence-electron chi connectivity index (χ4n) is 2.83. The van der Waals surface area contributed by atoms with E-state index < -0.39 is 0 Å². The fourth-order valence-corrected chi connectivity index (χ4v) is 2.99. The molecule has 1 aliphatic carbocycles. The van der Waals surface area contributed by atoms with E-state index in [4.69, 9.17) is 18.0 Å². The van der Waals surface area contributed by atoms with Gasteiger partial charge in [0, 0.05) is 11.7 Å². The molecule has 4 heteroatoms. The van der Waals surface area contributed by atoms with Gasteiger partial charge in [-0.1, -0.05) is 38.9 Å². The summed E-state index contributed by atoms with van der Waals surface area (Å²) in [6.07, 6.45) is 3.79. The third-order valence-electron chi connectivity index (χ3n) is 4.33. The molecule has 1 aromatic rings. The van der Waals surface area contributed by atoms with E-state index in [-0.39, 0.29) is 0 Å². The molecule has 2 rings (SSSR count). The van der Waals surface area contributed by atoms with Crippen molar-refractivity contribution in [2.45, 2.75) is 46.1 Å². The van der Waals surface area contributed by atoms with E-state index in [1.54, 1.807) is 0 Å². The van der Waals surface area contributed by atoms with Crippen LogP contribution in [0.5, 0.6) is 0 Å². The van der Waals surface area contributed by atoms with E-state index in [0.717, 1.165) is 23.0 Å². The number of pyridine rings is 1. The molecule has 3 atom stereocenters. The topological polar surface area (TPSA) is 50.9 Å². The lowest BCUT2D eigenvalue weighted by atomic mass is 9.78. The third kappa shape index (κ3) is 3.24. The number of nitrogens with two attached hydrogens (primary N) is 1. The van der Waals surface area contributed by atoms with Gasteiger partial charge >= 0.3 is 0 Å². The summed E-state index contributed by atoms with van der Waals surface area (Å²) in [5.74, 6) is 2.25. The van der Waals surface area contributed by atoms with Gasteiger partial charge in [-0.15, -0.1) is 0 Å². The summed E-state index contributed by atoms with van der Waals surface area (Å²) >= 11 is 5.11. The molecule has 3 unspecified atom stereocenters. The summed E-state index contributed by atoms with van der Waals surface area (Å²) in [6, 6.07) is 4.38. The molecule has 0 amide bonds. The Hall–Kier alpha value is -1.16. The van der Waals surface area contributed by atoms with Crippen molar-refractivity contribution in [2.24, 2.45) is 17.6 Å². The molecule has 0 aromatic carbocycles. The molecule has 1 fully saturated rings. The number of thiocarbonyl (C=S) groups is 1. The maximum absolute atomic E-state index is 5.78. The summed E-state index contributed by atoms with van der Waals surface area (Å²) in [4.78, 5) is 4.98. The van der Waals surface area contributed by atoms with Crippen LogP contribution in [0.1, 0.15) is 44.4 Å². The number of anilines is 1. The predicted octanol–water partition coefficient (Wildman–Crippen LogP) is 3.26. The van der Waals surface area contributed by atoms with Gasteiger partial charge in [-0.2, -0.15) is 0 Å². The van der Waals surface area contributed by atoms with Crippen molar-refractivity contribution in [3.05, 3.63) is 23.4 Å². The van der Waals surface area contributed by atoms with Gasteiger partial charge in [0.25, 0.3) is 0 Å². The molecule has 3 nitrogen and oxygen atoms in total. The first-order valence-corrected chi connectivity index (χ1v) is 7.44. The van der Waals surface area contributed by atoms with Gasteiger partial charge in [0.2, 0.25) is 0 Å². The number of aromatic nitrogens is 1. The van der Waals surface area contributed by atoms with E-state index in [0.29, 0.717) is 16.9 Å². The van der Waals surface area contributed by atoms with E-state index in [1.807, 2.05) is 19.1 Å². The zero-order valence-corrected chi connectivity index (χ0v) is 12.8. The maximum Gasteiger partial charge on any atom is 0.136 e. The summed E-state index contributed by atoms with van der Waals surface area (Å²) in [5, 5.41) is 3.57. The maximum atomic E-state index is 5.78. The Morgan fingerprint density at radius 3 is 2.79 bits per heavy atom. The SMILES string of the molecule is Cc1ccc(C(N)=S)c(NC2CCCC(C)C2C)n1. The number of hydrogen-bond acceptors (Lipinski definition) is 3. The number of nitrogens with zero attached hydrogens (tertiary/aromatic N) is 1. The fraction of sp³-hybridized carbons (Fsp3) is 0.600. The van der Waals surface area contributed by atoms with Gasteiger partial charge < -0.3 is 11.1 Å². The number of rotatable bonds is 3. The molecule has 104 valence electrons. The first-order chi connectivity index (χ1) is 8.99. The average Bonchev–Trinajstić information content (AvgIpc) is 2.35. The van der Waals surface area contributed by atoms with Crippen LogP contribution in [0.4, 0.5) is 5.82 Å². The first kappa shape index (κ1) is 14.3. The lowest BCUT2D eigenvalue weighted by Gasteiger charge is -2.35. The van der Waals surface area contributed by atoms with Crippen molar-refractivity contribution in [3.8, 4) is 0 Å². The van der Waals surface area contributed by atoms with E-state index in [9.17, 15) is 0 Å². The average molecular weight is 277 g/mol. The molecular formula is C15H23N3S. The van der Waals surface area contributed by atoms with Crippen molar-refractivity contribution in [2.75, 3.05) is 5.32 Å². The quantitative estimate of drug-likeness (QED) is 0.833. The van der Waals surface area contributed by atoms with E-state index in [1.165, 1.54) is 19.3 Å². The Morgan fingerprint density at radius 1 is 1.37 bits per heavy atom. The number of nitrogens with one attached hydrogen (secondary N) is 1. The molecule has 1 heterocycles. The normalized spacial score (nSPS) is 27.0. The molecule has 1 saturated carbocycles. The molecule has 3 N–H and O–H groups in total. The lowest BCUT2D eigenvalue weighted by Crippen LogP contribution is -2.36. The standard InChI is InChI=1S/C15H23N3S/c1-9-5-4-6-13(11(9)3)18-15-12(14(16)19)8-7-10(2)17-15/h7-9,11,13H,4-6H2,1-3H3,(H2,16,19)(H,17,18). The van der Waals surface area contributed by atoms with Crippen LogP contribution >= 0.6 is 12.2 Å².